The standard InChI is InChI=1S/C20H23N2O5P/c1-22-16-7-4-14-3-2-11-20(24,18(14)13-16)12-10-19(23)27-28(25,26)17-8-5-15(21)6-9-17/h2-9,13,22,24H,10-12,21H2,1H3,(H,25,26). The van der Waals surface area contributed by atoms with Crippen LogP contribution in [0.2, 0.25) is 0 Å². The van der Waals surface area contributed by atoms with E-state index in [1.165, 1.54) is 24.3 Å². The number of hydrogen-bond donors (Lipinski definition) is 4. The molecule has 1 aliphatic rings. The summed E-state index contributed by atoms with van der Waals surface area (Å²) in [6, 6.07) is 11.2. The Balaban J connectivity index is 1.70. The van der Waals surface area contributed by atoms with Crippen molar-refractivity contribution in [1.82, 2.24) is 0 Å². The SMILES string of the molecule is CNc1ccc2c(c1)C(O)(CCC(=O)OP(=O)(O)c1ccc(N)cc1)CC=C2. The molecule has 7 nitrogen and oxygen atoms in total. The van der Waals surface area contributed by atoms with Crippen LogP contribution in [0.5, 0.6) is 0 Å². The van der Waals surface area contributed by atoms with E-state index in [1.54, 1.807) is 7.05 Å². The Morgan fingerprint density at radius 2 is 2.00 bits per heavy atom. The molecular formula is C20H23N2O5P. The second kappa shape index (κ2) is 7.80. The first-order valence-corrected chi connectivity index (χ1v) is 10.4. The van der Waals surface area contributed by atoms with E-state index < -0.39 is 19.2 Å². The highest BCUT2D eigenvalue weighted by Crippen LogP contribution is 2.43. The van der Waals surface area contributed by atoms with E-state index in [0.29, 0.717) is 17.7 Å². The van der Waals surface area contributed by atoms with Crippen molar-refractivity contribution in [3.8, 4) is 0 Å². The highest BCUT2D eigenvalue weighted by molar-refractivity contribution is 7.61. The van der Waals surface area contributed by atoms with Crippen molar-refractivity contribution >= 4 is 36.3 Å². The topological polar surface area (TPSA) is 122 Å². The smallest absolute Gasteiger partial charge is 0.399 e. The summed E-state index contributed by atoms with van der Waals surface area (Å²) in [6.07, 6.45) is 3.98. The molecular weight excluding hydrogens is 379 g/mol. The summed E-state index contributed by atoms with van der Waals surface area (Å²) in [5, 5.41) is 14.1. The molecule has 1 aliphatic carbocycles. The lowest BCUT2D eigenvalue weighted by Gasteiger charge is -2.32. The van der Waals surface area contributed by atoms with Crippen LogP contribution in [0.15, 0.2) is 48.5 Å². The predicted molar refractivity (Wildman–Crippen MR) is 109 cm³/mol. The van der Waals surface area contributed by atoms with Gasteiger partial charge in [-0.05, 0) is 60.4 Å². The first kappa shape index (κ1) is 20.1. The number of carbonyl (C=O) groups is 1. The minimum atomic E-state index is -4.30. The monoisotopic (exact) mass is 402 g/mol. The summed E-state index contributed by atoms with van der Waals surface area (Å²) in [5.41, 5.74) is 7.16. The maximum Gasteiger partial charge on any atom is 0.410 e. The van der Waals surface area contributed by atoms with Gasteiger partial charge in [0.2, 0.25) is 0 Å². The van der Waals surface area contributed by atoms with E-state index in [2.05, 4.69) is 5.32 Å². The number of fused-ring (bicyclic) bond motifs is 1. The second-order valence-corrected chi connectivity index (χ2v) is 8.51. The van der Waals surface area contributed by atoms with Gasteiger partial charge in [0.05, 0.1) is 10.9 Å². The lowest BCUT2D eigenvalue weighted by atomic mass is 9.80. The minimum absolute atomic E-state index is 0.0154. The van der Waals surface area contributed by atoms with Crippen molar-refractivity contribution in [2.45, 2.75) is 24.9 Å². The molecule has 0 fully saturated rings. The Hall–Kier alpha value is -2.60. The number of nitrogens with one attached hydrogen (secondary N) is 1. The molecule has 148 valence electrons. The van der Waals surface area contributed by atoms with E-state index in [4.69, 9.17) is 10.3 Å². The molecule has 0 radical (unpaired) electrons. The van der Waals surface area contributed by atoms with Crippen LogP contribution in [0, 0.1) is 0 Å². The Labute approximate surface area is 163 Å². The van der Waals surface area contributed by atoms with Gasteiger partial charge in [0.25, 0.3) is 0 Å². The summed E-state index contributed by atoms with van der Waals surface area (Å²) in [6.45, 7) is 0. The third kappa shape index (κ3) is 4.28. The van der Waals surface area contributed by atoms with Crippen LogP contribution in [0.25, 0.3) is 6.08 Å². The molecule has 0 heterocycles. The predicted octanol–water partition coefficient (Wildman–Crippen LogP) is 2.75. The van der Waals surface area contributed by atoms with E-state index in [0.717, 1.165) is 11.3 Å². The number of hydrogen-bond acceptors (Lipinski definition) is 6. The first-order valence-electron chi connectivity index (χ1n) is 8.86. The Morgan fingerprint density at radius 3 is 2.68 bits per heavy atom. The largest absolute Gasteiger partial charge is 0.410 e. The molecule has 8 heteroatoms. The summed E-state index contributed by atoms with van der Waals surface area (Å²) in [4.78, 5) is 22.3. The molecule has 0 aromatic heterocycles. The van der Waals surface area contributed by atoms with Gasteiger partial charge in [0.1, 0.15) is 0 Å². The third-order valence-electron chi connectivity index (χ3n) is 4.78. The molecule has 0 saturated carbocycles. The first-order chi connectivity index (χ1) is 13.2. The van der Waals surface area contributed by atoms with E-state index >= 15 is 0 Å². The van der Waals surface area contributed by atoms with Gasteiger partial charge in [-0.15, -0.1) is 0 Å². The van der Waals surface area contributed by atoms with Crippen molar-refractivity contribution in [3.05, 3.63) is 59.7 Å². The molecule has 2 aromatic rings. The molecule has 0 amide bonds. The van der Waals surface area contributed by atoms with Crippen molar-refractivity contribution in [2.24, 2.45) is 0 Å². The van der Waals surface area contributed by atoms with Crippen molar-refractivity contribution in [2.75, 3.05) is 18.1 Å². The molecule has 0 aliphatic heterocycles. The van der Waals surface area contributed by atoms with Gasteiger partial charge in [0, 0.05) is 24.8 Å². The second-order valence-electron chi connectivity index (χ2n) is 6.77. The average Bonchev–Trinajstić information content (AvgIpc) is 2.66. The number of anilines is 2. The Bertz CT molecular complexity index is 958. The van der Waals surface area contributed by atoms with Gasteiger partial charge >= 0.3 is 13.6 Å². The average molecular weight is 402 g/mol. The quantitative estimate of drug-likeness (QED) is 0.433. The highest BCUT2D eigenvalue weighted by Gasteiger charge is 2.34. The van der Waals surface area contributed by atoms with Gasteiger partial charge in [-0.25, -0.2) is 4.57 Å². The molecule has 2 atom stereocenters. The summed E-state index contributed by atoms with van der Waals surface area (Å²) >= 11 is 0. The molecule has 3 rings (SSSR count). The molecule has 0 bridgehead atoms. The lowest BCUT2D eigenvalue weighted by Crippen LogP contribution is -2.29. The fourth-order valence-corrected chi connectivity index (χ4v) is 4.19. The van der Waals surface area contributed by atoms with Gasteiger partial charge in [-0.3, -0.25) is 4.79 Å². The zero-order valence-electron chi connectivity index (χ0n) is 15.5. The molecule has 28 heavy (non-hydrogen) atoms. The zero-order chi connectivity index (χ0) is 20.4. The van der Waals surface area contributed by atoms with E-state index in [1.807, 2.05) is 30.4 Å². The number of aliphatic hydroxyl groups is 1. The molecule has 2 aromatic carbocycles. The van der Waals surface area contributed by atoms with Gasteiger partial charge < -0.3 is 25.6 Å². The molecule has 0 spiro atoms. The third-order valence-corrected chi connectivity index (χ3v) is 6.19. The van der Waals surface area contributed by atoms with Crippen LogP contribution in [0.4, 0.5) is 11.4 Å². The molecule has 0 saturated heterocycles. The number of rotatable bonds is 6. The van der Waals surface area contributed by atoms with Crippen molar-refractivity contribution in [1.29, 1.82) is 0 Å². The van der Waals surface area contributed by atoms with Crippen LogP contribution >= 0.6 is 7.60 Å². The maximum atomic E-state index is 12.3. The Morgan fingerprint density at radius 1 is 1.29 bits per heavy atom. The van der Waals surface area contributed by atoms with Crippen LogP contribution < -0.4 is 16.4 Å². The zero-order valence-corrected chi connectivity index (χ0v) is 16.4. The van der Waals surface area contributed by atoms with Gasteiger partial charge in [0.15, 0.2) is 0 Å². The molecule has 5 N–H and O–H groups in total. The summed E-state index contributed by atoms with van der Waals surface area (Å²) < 4.78 is 17.2. The van der Waals surface area contributed by atoms with Crippen LogP contribution in [0.3, 0.4) is 0 Å². The van der Waals surface area contributed by atoms with Gasteiger partial charge in [-0.1, -0.05) is 18.2 Å². The summed E-state index contributed by atoms with van der Waals surface area (Å²) in [5.74, 6) is -0.850. The van der Waals surface area contributed by atoms with Crippen LogP contribution in [0.1, 0.15) is 30.4 Å². The van der Waals surface area contributed by atoms with E-state index in [9.17, 15) is 19.4 Å². The highest BCUT2D eigenvalue weighted by atomic mass is 31.2. The molecule has 2 unspecified atom stereocenters. The van der Waals surface area contributed by atoms with Crippen molar-refractivity contribution in [3.63, 3.8) is 0 Å². The number of benzene rings is 2. The normalized spacial score (nSPS) is 20.1. The van der Waals surface area contributed by atoms with Crippen molar-refractivity contribution < 1.29 is 23.9 Å². The maximum absolute atomic E-state index is 12.3. The number of nitrogen functional groups attached to an aromatic ring is 1. The van der Waals surface area contributed by atoms with E-state index in [-0.39, 0.29) is 18.1 Å². The Kier molecular flexibility index (Phi) is 5.61. The number of nitrogens with two attached hydrogens (primary N) is 1. The fraction of sp³-hybridized carbons (Fsp3) is 0.250. The minimum Gasteiger partial charge on any atom is -0.399 e. The van der Waals surface area contributed by atoms with Crippen LogP contribution in [-0.2, 0) is 19.5 Å². The fourth-order valence-electron chi connectivity index (χ4n) is 3.20. The number of carbonyl (C=O) groups excluding carboxylic acids is 1. The lowest BCUT2D eigenvalue weighted by molar-refractivity contribution is -0.136. The van der Waals surface area contributed by atoms with Crippen LogP contribution in [-0.4, -0.2) is 23.0 Å². The summed E-state index contributed by atoms with van der Waals surface area (Å²) in [7, 11) is -2.52. The van der Waals surface area contributed by atoms with Gasteiger partial charge in [-0.2, -0.15) is 0 Å².